The number of rotatable bonds is 6. The van der Waals surface area contributed by atoms with E-state index in [1.54, 1.807) is 23.6 Å². The topological polar surface area (TPSA) is 105 Å². The van der Waals surface area contributed by atoms with E-state index in [4.69, 9.17) is 23.2 Å². The number of hydrogen-bond donors (Lipinski definition) is 2. The van der Waals surface area contributed by atoms with E-state index >= 15 is 0 Å². The number of nitrogens with zero attached hydrogens (tertiary/aromatic N) is 3. The van der Waals surface area contributed by atoms with Crippen molar-refractivity contribution in [3.8, 4) is 0 Å². The molecule has 2 N–H and O–H groups in total. The summed E-state index contributed by atoms with van der Waals surface area (Å²) in [6, 6.07) is 6.40. The summed E-state index contributed by atoms with van der Waals surface area (Å²) >= 11 is 16.0. The number of allylic oxidation sites excluding steroid dienone is 3. The summed E-state index contributed by atoms with van der Waals surface area (Å²) in [5.74, 6) is -1.90. The summed E-state index contributed by atoms with van der Waals surface area (Å²) in [6.07, 6.45) is 5.44. The molecule has 0 saturated heterocycles. The van der Waals surface area contributed by atoms with Crippen molar-refractivity contribution in [3.63, 3.8) is 0 Å². The monoisotopic (exact) mass is 566 g/mol. The molecular weight excluding hydrogens is 547 g/mol. The number of benzene rings is 1. The van der Waals surface area contributed by atoms with Crippen molar-refractivity contribution in [3.05, 3.63) is 69.1 Å². The minimum Gasteiger partial charge on any atom is -0.480 e. The first-order chi connectivity index (χ1) is 16.0. The molecule has 3 atom stereocenters. The van der Waals surface area contributed by atoms with Crippen LogP contribution < -0.4 is 10.2 Å². The van der Waals surface area contributed by atoms with E-state index in [0.29, 0.717) is 17.2 Å². The summed E-state index contributed by atoms with van der Waals surface area (Å²) in [5.41, 5.74) is 0.192. The van der Waals surface area contributed by atoms with Gasteiger partial charge in [-0.2, -0.15) is 0 Å². The molecule has 1 aromatic carbocycles. The fourth-order valence-electron chi connectivity index (χ4n) is 4.13. The zero-order valence-electron chi connectivity index (χ0n) is 18.3. The molecular formula is C23H21BrCl2N4O4. The predicted octanol–water partition coefficient (Wildman–Crippen LogP) is 4.17. The van der Waals surface area contributed by atoms with Crippen molar-refractivity contribution in [1.29, 1.82) is 0 Å². The van der Waals surface area contributed by atoms with Crippen LogP contribution in [0.15, 0.2) is 57.8 Å². The van der Waals surface area contributed by atoms with Gasteiger partial charge in [-0.05, 0) is 43.7 Å². The van der Waals surface area contributed by atoms with Crippen molar-refractivity contribution >= 4 is 62.9 Å². The van der Waals surface area contributed by atoms with Gasteiger partial charge in [-0.3, -0.25) is 19.0 Å². The second-order valence-electron chi connectivity index (χ2n) is 8.43. The zero-order valence-corrected chi connectivity index (χ0v) is 21.4. The fraction of sp³-hybridized carbons (Fsp3) is 0.304. The molecule has 2 heterocycles. The number of anilines is 1. The Morgan fingerprint density at radius 3 is 2.65 bits per heavy atom. The smallest absolute Gasteiger partial charge is 0.325 e. The number of carboxylic acid groups (broad SMARTS) is 1. The van der Waals surface area contributed by atoms with Gasteiger partial charge >= 0.3 is 5.97 Å². The Bertz CT molecular complexity index is 1240. The van der Waals surface area contributed by atoms with E-state index in [0.717, 1.165) is 10.0 Å². The molecule has 1 aliphatic carbocycles. The van der Waals surface area contributed by atoms with Crippen molar-refractivity contribution in [1.82, 2.24) is 14.9 Å². The molecule has 34 heavy (non-hydrogen) atoms. The van der Waals surface area contributed by atoms with E-state index in [-0.39, 0.29) is 24.0 Å². The maximum Gasteiger partial charge on any atom is 0.325 e. The number of imidazole rings is 1. The second-order valence-corrected chi connectivity index (χ2v) is 10.4. The fourth-order valence-corrected chi connectivity index (χ4v) is 5.05. The quantitative estimate of drug-likeness (QED) is 0.510. The third kappa shape index (κ3) is 4.39. The molecule has 0 spiro atoms. The average Bonchev–Trinajstić information content (AvgIpc) is 3.27. The third-order valence-corrected chi connectivity index (χ3v) is 6.89. The summed E-state index contributed by atoms with van der Waals surface area (Å²) in [4.78, 5) is 44.0. The van der Waals surface area contributed by atoms with Gasteiger partial charge < -0.3 is 10.4 Å². The van der Waals surface area contributed by atoms with Gasteiger partial charge in [-0.1, -0.05) is 39.7 Å². The summed E-state index contributed by atoms with van der Waals surface area (Å²) in [7, 11) is 0. The number of halogens is 3. The highest BCUT2D eigenvalue weighted by Gasteiger charge is 2.51. The molecule has 1 aliphatic heterocycles. The van der Waals surface area contributed by atoms with Crippen LogP contribution in [0.4, 0.5) is 5.95 Å². The molecule has 178 valence electrons. The molecule has 0 saturated carbocycles. The van der Waals surface area contributed by atoms with E-state index < -0.39 is 28.8 Å². The number of hydrogen-bond acceptors (Lipinski definition) is 4. The number of carbonyl (C=O) groups excluding carboxylic acids is 2. The maximum atomic E-state index is 13.9. The Morgan fingerprint density at radius 2 is 2.03 bits per heavy atom. The highest BCUT2D eigenvalue weighted by atomic mass is 79.9. The van der Waals surface area contributed by atoms with Crippen LogP contribution in [0.3, 0.4) is 0 Å². The van der Waals surface area contributed by atoms with Crippen LogP contribution in [0.2, 0.25) is 0 Å². The first-order valence-corrected chi connectivity index (χ1v) is 12.0. The minimum atomic E-state index is -1.22. The summed E-state index contributed by atoms with van der Waals surface area (Å²) < 4.78 is 2.45. The number of carbonyl (C=O) groups is 3. The lowest BCUT2D eigenvalue weighted by molar-refractivity contribution is -0.138. The van der Waals surface area contributed by atoms with Crippen LogP contribution in [0.5, 0.6) is 0 Å². The lowest BCUT2D eigenvalue weighted by atomic mass is 9.91. The van der Waals surface area contributed by atoms with Crippen LogP contribution >= 0.6 is 39.1 Å². The predicted molar refractivity (Wildman–Crippen MR) is 132 cm³/mol. The largest absolute Gasteiger partial charge is 0.480 e. The molecule has 2 aliphatic rings. The van der Waals surface area contributed by atoms with E-state index in [1.807, 2.05) is 24.3 Å². The lowest BCUT2D eigenvalue weighted by Crippen LogP contribution is -2.45. The summed E-state index contributed by atoms with van der Waals surface area (Å²) in [5, 5.41) is 11.7. The van der Waals surface area contributed by atoms with Gasteiger partial charge in [0.15, 0.2) is 0 Å². The van der Waals surface area contributed by atoms with Crippen LogP contribution in [0, 0.1) is 0 Å². The van der Waals surface area contributed by atoms with Gasteiger partial charge in [0.1, 0.15) is 17.3 Å². The SMILES string of the molecule is CC(NC(=O)c1cnc2n1[C@](C)(Cc1ccc(Br)cc1)C(=O)N2C1=CC(Cl)CC(Cl)=C1)C(=O)O. The molecule has 8 nitrogen and oxygen atoms in total. The van der Waals surface area contributed by atoms with Gasteiger partial charge in [-0.25, -0.2) is 9.88 Å². The molecule has 1 aromatic heterocycles. The standard InChI is InChI=1S/C23H21BrCl2N4O4/c1-12(20(32)33)28-19(31)18-11-27-22-29(17-8-15(25)7-16(26)9-17)21(34)23(2,30(18)22)10-13-3-5-14(24)6-4-13/h3-6,8-9,11-12,15H,7,10H2,1-2H3,(H,28,31)(H,32,33)/t12?,15?,23-/m1/s1. The molecule has 0 bridgehead atoms. The van der Waals surface area contributed by atoms with Crippen molar-refractivity contribution in [2.75, 3.05) is 4.90 Å². The number of aromatic nitrogens is 2. The molecule has 2 amide bonds. The van der Waals surface area contributed by atoms with Gasteiger partial charge in [0.2, 0.25) is 5.95 Å². The first-order valence-electron chi connectivity index (χ1n) is 10.4. The first kappa shape index (κ1) is 24.5. The average molecular weight is 568 g/mol. The van der Waals surface area contributed by atoms with Crippen molar-refractivity contribution in [2.24, 2.45) is 0 Å². The molecule has 2 unspecified atom stereocenters. The Morgan fingerprint density at radius 1 is 1.35 bits per heavy atom. The molecule has 2 aromatic rings. The van der Waals surface area contributed by atoms with Gasteiger partial charge in [-0.15, -0.1) is 11.6 Å². The van der Waals surface area contributed by atoms with Crippen molar-refractivity contribution in [2.45, 2.75) is 43.6 Å². The molecule has 0 fully saturated rings. The lowest BCUT2D eigenvalue weighted by Gasteiger charge is -2.27. The van der Waals surface area contributed by atoms with E-state index in [1.165, 1.54) is 18.0 Å². The Balaban J connectivity index is 1.83. The minimum absolute atomic E-state index is 0.0764. The number of carboxylic acids is 1. The zero-order chi connectivity index (χ0) is 24.8. The molecule has 4 rings (SSSR count). The number of fused-ring (bicyclic) bond motifs is 1. The Hall–Kier alpha value is -2.62. The highest BCUT2D eigenvalue weighted by molar-refractivity contribution is 9.10. The third-order valence-electron chi connectivity index (χ3n) is 5.82. The van der Waals surface area contributed by atoms with Crippen LogP contribution in [-0.4, -0.2) is 43.9 Å². The number of nitrogens with one attached hydrogen (secondary N) is 1. The van der Waals surface area contributed by atoms with E-state index in [2.05, 4.69) is 26.2 Å². The molecule has 11 heteroatoms. The van der Waals surface area contributed by atoms with Gasteiger partial charge in [0, 0.05) is 22.3 Å². The highest BCUT2D eigenvalue weighted by Crippen LogP contribution is 2.42. The Labute approximate surface area is 214 Å². The van der Waals surface area contributed by atoms with Crippen LogP contribution in [-0.2, 0) is 21.5 Å². The Kier molecular flexibility index (Phi) is 6.63. The number of amides is 2. The number of alkyl halides is 1. The van der Waals surface area contributed by atoms with Crippen LogP contribution in [0.1, 0.15) is 36.3 Å². The molecule has 0 radical (unpaired) electrons. The van der Waals surface area contributed by atoms with E-state index in [9.17, 15) is 19.5 Å². The second kappa shape index (κ2) is 9.20. The maximum absolute atomic E-state index is 13.9. The van der Waals surface area contributed by atoms with Gasteiger partial charge in [0.05, 0.1) is 17.3 Å². The van der Waals surface area contributed by atoms with Gasteiger partial charge in [0.25, 0.3) is 11.8 Å². The van der Waals surface area contributed by atoms with Crippen molar-refractivity contribution < 1.29 is 19.5 Å². The number of aliphatic carboxylic acids is 1. The van der Waals surface area contributed by atoms with Crippen LogP contribution in [0.25, 0.3) is 0 Å². The summed E-state index contributed by atoms with van der Waals surface area (Å²) in [6.45, 7) is 3.09. The normalized spacial score (nSPS) is 22.7.